The molecule has 1 aliphatic rings. The molecule has 10 heavy (non-hydrogen) atoms. The van der Waals surface area contributed by atoms with E-state index in [4.69, 9.17) is 14.9 Å². The Morgan fingerprint density at radius 1 is 1.30 bits per heavy atom. The number of hydrogen-bond acceptors (Lipinski definition) is 4. The summed E-state index contributed by atoms with van der Waals surface area (Å²) in [6.07, 6.45) is -1.44. The summed E-state index contributed by atoms with van der Waals surface area (Å²) in [5, 5.41) is 21.1. The van der Waals surface area contributed by atoms with Gasteiger partial charge in [-0.15, -0.1) is 0 Å². The van der Waals surface area contributed by atoms with E-state index in [2.05, 4.69) is 5.32 Å². The minimum absolute atomic E-state index is 0.239. The van der Waals surface area contributed by atoms with Gasteiger partial charge in [0.05, 0.1) is 19.3 Å². The third-order valence-corrected chi connectivity index (χ3v) is 1.51. The molecule has 2 atom stereocenters. The SMILES string of the molecule is O[C@@H]1CNCCOC[C@H]1O. The lowest BCUT2D eigenvalue weighted by Crippen LogP contribution is -2.42. The number of nitrogens with one attached hydrogen (secondary N) is 1. The number of ether oxygens (including phenoxy) is 1. The van der Waals surface area contributed by atoms with Crippen LogP contribution in [0.4, 0.5) is 0 Å². The zero-order valence-corrected chi connectivity index (χ0v) is 5.79. The molecule has 1 rings (SSSR count). The Labute approximate surface area is 59.8 Å². The van der Waals surface area contributed by atoms with Crippen molar-refractivity contribution in [1.29, 1.82) is 0 Å². The molecule has 0 radical (unpaired) electrons. The molecule has 4 nitrogen and oxygen atoms in total. The number of β-amino-alcohol motifs (C(OH)–C–C–N with tert-alkyl or cyclic N) is 1. The van der Waals surface area contributed by atoms with Crippen molar-refractivity contribution >= 4 is 0 Å². The van der Waals surface area contributed by atoms with Crippen LogP contribution in [0.5, 0.6) is 0 Å². The van der Waals surface area contributed by atoms with Crippen molar-refractivity contribution in [3.63, 3.8) is 0 Å². The Balaban J connectivity index is 2.28. The van der Waals surface area contributed by atoms with Crippen LogP contribution in [-0.4, -0.2) is 48.7 Å². The second-order valence-corrected chi connectivity index (χ2v) is 2.41. The average Bonchev–Trinajstić information content (AvgIpc) is 1.92. The van der Waals surface area contributed by atoms with Crippen LogP contribution < -0.4 is 5.32 Å². The molecule has 1 aliphatic heterocycles. The van der Waals surface area contributed by atoms with E-state index < -0.39 is 12.2 Å². The van der Waals surface area contributed by atoms with E-state index in [-0.39, 0.29) is 6.61 Å². The molecule has 60 valence electrons. The quantitative estimate of drug-likeness (QED) is 0.383. The molecule has 4 heteroatoms. The van der Waals surface area contributed by atoms with E-state index in [0.717, 1.165) is 6.54 Å². The molecule has 0 bridgehead atoms. The molecule has 3 N–H and O–H groups in total. The van der Waals surface area contributed by atoms with Gasteiger partial charge >= 0.3 is 0 Å². The lowest BCUT2D eigenvalue weighted by Gasteiger charge is -2.21. The minimum atomic E-state index is -0.743. The lowest BCUT2D eigenvalue weighted by molar-refractivity contribution is -0.0463. The number of aliphatic hydroxyl groups is 2. The number of hydrogen-bond donors (Lipinski definition) is 3. The van der Waals surface area contributed by atoms with Crippen molar-refractivity contribution in [2.24, 2.45) is 0 Å². The Bertz CT molecular complexity index is 87.0. The summed E-state index contributed by atoms with van der Waals surface area (Å²) in [6.45, 7) is 2.03. The topological polar surface area (TPSA) is 61.7 Å². The lowest BCUT2D eigenvalue weighted by atomic mass is 10.2. The summed E-state index contributed by atoms with van der Waals surface area (Å²) in [6, 6.07) is 0. The Kier molecular flexibility index (Phi) is 3.08. The summed E-state index contributed by atoms with van der Waals surface area (Å²) in [5.74, 6) is 0. The third-order valence-electron chi connectivity index (χ3n) is 1.51. The third kappa shape index (κ3) is 2.22. The van der Waals surface area contributed by atoms with Crippen LogP contribution in [0.2, 0.25) is 0 Å². The fourth-order valence-electron chi connectivity index (χ4n) is 0.845. The van der Waals surface area contributed by atoms with Gasteiger partial charge in [0.1, 0.15) is 6.10 Å². The van der Waals surface area contributed by atoms with Crippen molar-refractivity contribution < 1.29 is 14.9 Å². The molecular formula is C6H13NO3. The van der Waals surface area contributed by atoms with E-state index in [9.17, 15) is 0 Å². The normalized spacial score (nSPS) is 36.6. The standard InChI is InChI=1S/C6H13NO3/c8-5-3-7-1-2-10-4-6(5)9/h5-9H,1-4H2/t5-,6-/m1/s1. The second kappa shape index (κ2) is 3.88. The highest BCUT2D eigenvalue weighted by Crippen LogP contribution is 1.95. The van der Waals surface area contributed by atoms with Crippen molar-refractivity contribution in [1.82, 2.24) is 5.32 Å². The Morgan fingerprint density at radius 2 is 2.10 bits per heavy atom. The fraction of sp³-hybridized carbons (Fsp3) is 1.00. The predicted molar refractivity (Wildman–Crippen MR) is 35.7 cm³/mol. The van der Waals surface area contributed by atoms with E-state index in [1.54, 1.807) is 0 Å². The van der Waals surface area contributed by atoms with E-state index in [1.807, 2.05) is 0 Å². The van der Waals surface area contributed by atoms with Gasteiger partial charge in [0.2, 0.25) is 0 Å². The zero-order valence-electron chi connectivity index (χ0n) is 5.79. The molecule has 1 saturated heterocycles. The van der Waals surface area contributed by atoms with Crippen LogP contribution in [0, 0.1) is 0 Å². The Hall–Kier alpha value is -0.160. The molecular weight excluding hydrogens is 134 g/mol. The molecule has 0 aromatic rings. The maximum Gasteiger partial charge on any atom is 0.104 e. The van der Waals surface area contributed by atoms with Crippen LogP contribution in [0.25, 0.3) is 0 Å². The van der Waals surface area contributed by atoms with Crippen molar-refractivity contribution in [3.05, 3.63) is 0 Å². The van der Waals surface area contributed by atoms with Gasteiger partial charge in [-0.05, 0) is 0 Å². The molecule has 1 heterocycles. The summed E-state index contributed by atoms with van der Waals surface area (Å²) in [5.41, 5.74) is 0. The maximum absolute atomic E-state index is 9.09. The second-order valence-electron chi connectivity index (χ2n) is 2.41. The maximum atomic E-state index is 9.09. The van der Waals surface area contributed by atoms with Gasteiger partial charge < -0.3 is 20.3 Å². The molecule has 1 fully saturated rings. The first-order valence-corrected chi connectivity index (χ1v) is 3.45. The van der Waals surface area contributed by atoms with Gasteiger partial charge in [-0.1, -0.05) is 0 Å². The number of aliphatic hydroxyl groups excluding tert-OH is 2. The smallest absolute Gasteiger partial charge is 0.104 e. The first-order valence-electron chi connectivity index (χ1n) is 3.45. The van der Waals surface area contributed by atoms with E-state index >= 15 is 0 Å². The molecule has 0 saturated carbocycles. The average molecular weight is 147 g/mol. The van der Waals surface area contributed by atoms with Gasteiger partial charge in [-0.3, -0.25) is 0 Å². The summed E-state index contributed by atoms with van der Waals surface area (Å²) in [4.78, 5) is 0. The van der Waals surface area contributed by atoms with Crippen LogP contribution in [-0.2, 0) is 4.74 Å². The monoisotopic (exact) mass is 147 g/mol. The molecule has 0 spiro atoms. The van der Waals surface area contributed by atoms with Gasteiger partial charge in [0.15, 0.2) is 0 Å². The molecule has 0 unspecified atom stereocenters. The van der Waals surface area contributed by atoms with E-state index in [1.165, 1.54) is 0 Å². The highest BCUT2D eigenvalue weighted by molar-refractivity contribution is 4.70. The first-order chi connectivity index (χ1) is 4.80. The van der Waals surface area contributed by atoms with Crippen LogP contribution >= 0.6 is 0 Å². The van der Waals surface area contributed by atoms with Crippen molar-refractivity contribution in [3.8, 4) is 0 Å². The van der Waals surface area contributed by atoms with E-state index in [0.29, 0.717) is 13.2 Å². The Morgan fingerprint density at radius 3 is 2.90 bits per heavy atom. The predicted octanol–water partition coefficient (Wildman–Crippen LogP) is -1.67. The molecule has 0 aliphatic carbocycles. The number of rotatable bonds is 0. The molecule has 0 aromatic carbocycles. The van der Waals surface area contributed by atoms with Gasteiger partial charge in [0, 0.05) is 13.1 Å². The molecule has 0 amide bonds. The van der Waals surface area contributed by atoms with Crippen molar-refractivity contribution in [2.75, 3.05) is 26.3 Å². The first kappa shape index (κ1) is 7.94. The van der Waals surface area contributed by atoms with Crippen molar-refractivity contribution in [2.45, 2.75) is 12.2 Å². The van der Waals surface area contributed by atoms with Crippen LogP contribution in [0.3, 0.4) is 0 Å². The highest BCUT2D eigenvalue weighted by atomic mass is 16.5. The highest BCUT2D eigenvalue weighted by Gasteiger charge is 2.17. The fourth-order valence-corrected chi connectivity index (χ4v) is 0.845. The van der Waals surface area contributed by atoms with Gasteiger partial charge in [0.25, 0.3) is 0 Å². The summed E-state index contributed by atoms with van der Waals surface area (Å²) in [7, 11) is 0. The molecule has 0 aromatic heterocycles. The summed E-state index contributed by atoms with van der Waals surface area (Å²) >= 11 is 0. The summed E-state index contributed by atoms with van der Waals surface area (Å²) < 4.78 is 4.98. The largest absolute Gasteiger partial charge is 0.389 e. The van der Waals surface area contributed by atoms with Gasteiger partial charge in [-0.2, -0.15) is 0 Å². The minimum Gasteiger partial charge on any atom is -0.389 e. The van der Waals surface area contributed by atoms with Crippen LogP contribution in [0.15, 0.2) is 0 Å². The zero-order chi connectivity index (χ0) is 7.40. The van der Waals surface area contributed by atoms with Crippen LogP contribution in [0.1, 0.15) is 0 Å². The van der Waals surface area contributed by atoms with Gasteiger partial charge in [-0.25, -0.2) is 0 Å².